The molecule has 1 amide bonds. The summed E-state index contributed by atoms with van der Waals surface area (Å²) < 4.78 is 0. The van der Waals surface area contributed by atoms with Crippen molar-refractivity contribution < 1.29 is 4.79 Å². The maximum atomic E-state index is 12.1. The minimum Gasteiger partial charge on any atom is -0.347 e. The second-order valence-electron chi connectivity index (χ2n) is 6.22. The minimum atomic E-state index is -0.0218. The number of nitrogens with zero attached hydrogens (tertiary/aromatic N) is 3. The van der Waals surface area contributed by atoms with Gasteiger partial charge in [-0.2, -0.15) is 0 Å². The number of aromatic nitrogens is 1. The Labute approximate surface area is 130 Å². The number of nitrogens with one attached hydrogen (secondary N) is 1. The lowest BCUT2D eigenvalue weighted by Crippen LogP contribution is -2.53. The smallest absolute Gasteiger partial charge is 0.271 e. The predicted molar refractivity (Wildman–Crippen MR) is 84.7 cm³/mol. The van der Waals surface area contributed by atoms with Crippen molar-refractivity contribution in [2.75, 3.05) is 33.2 Å². The highest BCUT2D eigenvalue weighted by Gasteiger charge is 2.28. The number of amides is 1. The number of carbonyl (C=O) groups excluding carboxylic acids is 1. The van der Waals surface area contributed by atoms with Crippen LogP contribution in [0, 0.1) is 0 Å². The van der Waals surface area contributed by atoms with E-state index in [1.807, 2.05) is 5.38 Å². The predicted octanol–water partition coefficient (Wildman–Crippen LogP) is 1.43. The molecule has 21 heavy (non-hydrogen) atoms. The van der Waals surface area contributed by atoms with Gasteiger partial charge >= 0.3 is 0 Å². The third-order valence-corrected chi connectivity index (χ3v) is 5.24. The Bertz CT molecular complexity index is 456. The van der Waals surface area contributed by atoms with Gasteiger partial charge in [0, 0.05) is 24.0 Å². The largest absolute Gasteiger partial charge is 0.347 e. The normalized spacial score (nSPS) is 25.9. The van der Waals surface area contributed by atoms with Crippen LogP contribution in [0.5, 0.6) is 0 Å². The van der Waals surface area contributed by atoms with E-state index in [4.69, 9.17) is 0 Å². The maximum Gasteiger partial charge on any atom is 0.271 e. The Kier molecular flexibility index (Phi) is 4.87. The first kappa shape index (κ1) is 14.9. The van der Waals surface area contributed by atoms with Crippen LogP contribution in [0.2, 0.25) is 0 Å². The molecule has 1 N–H and O–H groups in total. The fraction of sp³-hybridized carbons (Fsp3) is 0.733. The Hall–Kier alpha value is -0.980. The van der Waals surface area contributed by atoms with E-state index in [9.17, 15) is 4.79 Å². The molecule has 5 nitrogen and oxygen atoms in total. The summed E-state index contributed by atoms with van der Waals surface area (Å²) in [4.78, 5) is 21.2. The third-order valence-electron chi connectivity index (χ3n) is 4.66. The zero-order chi connectivity index (χ0) is 14.7. The van der Waals surface area contributed by atoms with E-state index in [0.717, 1.165) is 13.0 Å². The van der Waals surface area contributed by atoms with Gasteiger partial charge in [0.15, 0.2) is 0 Å². The van der Waals surface area contributed by atoms with E-state index < -0.39 is 0 Å². The van der Waals surface area contributed by atoms with E-state index in [2.05, 4.69) is 27.1 Å². The fourth-order valence-corrected chi connectivity index (χ4v) is 3.93. The maximum absolute atomic E-state index is 12.1. The average Bonchev–Trinajstić information content (AvgIpc) is 3.02. The first-order valence-electron chi connectivity index (χ1n) is 7.84. The molecule has 0 aromatic carbocycles. The molecule has 1 aromatic heterocycles. The molecule has 2 saturated heterocycles. The van der Waals surface area contributed by atoms with Crippen LogP contribution in [0.15, 0.2) is 10.9 Å². The number of hydrogen-bond acceptors (Lipinski definition) is 5. The Morgan fingerprint density at radius 3 is 2.86 bits per heavy atom. The van der Waals surface area contributed by atoms with Crippen molar-refractivity contribution in [1.82, 2.24) is 20.1 Å². The number of hydrogen-bond donors (Lipinski definition) is 1. The van der Waals surface area contributed by atoms with E-state index in [-0.39, 0.29) is 11.9 Å². The van der Waals surface area contributed by atoms with Gasteiger partial charge in [0.25, 0.3) is 5.91 Å². The zero-order valence-electron chi connectivity index (χ0n) is 12.6. The number of carbonyl (C=O) groups is 1. The molecule has 116 valence electrons. The second-order valence-corrected chi connectivity index (χ2v) is 6.93. The van der Waals surface area contributed by atoms with Gasteiger partial charge in [-0.3, -0.25) is 9.69 Å². The van der Waals surface area contributed by atoms with Crippen molar-refractivity contribution >= 4 is 17.2 Å². The van der Waals surface area contributed by atoms with Crippen molar-refractivity contribution in [3.8, 4) is 0 Å². The summed E-state index contributed by atoms with van der Waals surface area (Å²) in [5, 5.41) is 4.96. The molecule has 0 aliphatic carbocycles. The van der Waals surface area contributed by atoms with Crippen molar-refractivity contribution in [2.45, 2.75) is 37.8 Å². The SMILES string of the molecule is CN1CCC(N2CCCC(NC(=O)c3cscn3)C2)CC1. The molecule has 1 unspecified atom stereocenters. The Morgan fingerprint density at radius 1 is 1.33 bits per heavy atom. The highest BCUT2D eigenvalue weighted by Crippen LogP contribution is 2.20. The summed E-state index contributed by atoms with van der Waals surface area (Å²) in [5.74, 6) is -0.0218. The average molecular weight is 308 g/mol. The van der Waals surface area contributed by atoms with Crippen molar-refractivity contribution in [1.29, 1.82) is 0 Å². The van der Waals surface area contributed by atoms with Crippen LogP contribution < -0.4 is 5.32 Å². The summed E-state index contributed by atoms with van der Waals surface area (Å²) in [6.45, 7) is 4.55. The van der Waals surface area contributed by atoms with E-state index >= 15 is 0 Å². The van der Waals surface area contributed by atoms with Crippen LogP contribution in [-0.4, -0.2) is 66.0 Å². The molecule has 2 aliphatic rings. The lowest BCUT2D eigenvalue weighted by Gasteiger charge is -2.41. The summed E-state index contributed by atoms with van der Waals surface area (Å²) in [7, 11) is 2.20. The van der Waals surface area contributed by atoms with Crippen LogP contribution in [0.1, 0.15) is 36.2 Å². The molecule has 3 heterocycles. The molecule has 0 saturated carbocycles. The molecular formula is C15H24N4OS. The molecule has 2 aliphatic heterocycles. The van der Waals surface area contributed by atoms with Gasteiger partial charge in [-0.05, 0) is 52.4 Å². The van der Waals surface area contributed by atoms with Gasteiger partial charge in [0.1, 0.15) is 5.69 Å². The summed E-state index contributed by atoms with van der Waals surface area (Å²) in [6.07, 6.45) is 4.76. The van der Waals surface area contributed by atoms with Crippen LogP contribution >= 0.6 is 11.3 Å². The molecule has 2 fully saturated rings. The topological polar surface area (TPSA) is 48.5 Å². The van der Waals surface area contributed by atoms with E-state index in [0.29, 0.717) is 11.7 Å². The van der Waals surface area contributed by atoms with Gasteiger partial charge < -0.3 is 10.2 Å². The molecule has 0 bridgehead atoms. The summed E-state index contributed by atoms with van der Waals surface area (Å²) >= 11 is 1.47. The van der Waals surface area contributed by atoms with Gasteiger partial charge in [-0.15, -0.1) is 11.3 Å². The van der Waals surface area contributed by atoms with E-state index in [1.54, 1.807) is 5.51 Å². The molecule has 1 atom stereocenters. The number of rotatable bonds is 3. The number of likely N-dealkylation sites (tertiary alicyclic amines) is 2. The fourth-order valence-electron chi connectivity index (χ4n) is 3.40. The zero-order valence-corrected chi connectivity index (χ0v) is 13.4. The van der Waals surface area contributed by atoms with Crippen LogP contribution in [0.4, 0.5) is 0 Å². The highest BCUT2D eigenvalue weighted by molar-refractivity contribution is 7.07. The molecular weight excluding hydrogens is 284 g/mol. The van der Waals surface area contributed by atoms with E-state index in [1.165, 1.54) is 50.2 Å². The van der Waals surface area contributed by atoms with Gasteiger partial charge in [-0.25, -0.2) is 4.98 Å². The quantitative estimate of drug-likeness (QED) is 0.918. The Balaban J connectivity index is 1.52. The lowest BCUT2D eigenvalue weighted by atomic mass is 9.98. The van der Waals surface area contributed by atoms with Gasteiger partial charge in [0.05, 0.1) is 5.51 Å². The molecule has 0 radical (unpaired) electrons. The van der Waals surface area contributed by atoms with Crippen LogP contribution in [0.25, 0.3) is 0 Å². The van der Waals surface area contributed by atoms with Crippen molar-refractivity contribution in [2.24, 2.45) is 0 Å². The van der Waals surface area contributed by atoms with Crippen molar-refractivity contribution in [3.05, 3.63) is 16.6 Å². The molecule has 0 spiro atoms. The third kappa shape index (κ3) is 3.81. The highest BCUT2D eigenvalue weighted by atomic mass is 32.1. The minimum absolute atomic E-state index is 0.0218. The second kappa shape index (κ2) is 6.85. The summed E-state index contributed by atoms with van der Waals surface area (Å²) in [5.41, 5.74) is 2.26. The Morgan fingerprint density at radius 2 is 2.14 bits per heavy atom. The lowest BCUT2D eigenvalue weighted by molar-refractivity contribution is 0.0763. The molecule has 3 rings (SSSR count). The number of piperidine rings is 2. The monoisotopic (exact) mass is 308 g/mol. The standard InChI is InChI=1S/C15H24N4OS/c1-18-7-4-13(5-8-18)19-6-2-3-12(9-19)17-15(20)14-10-21-11-16-14/h10-13H,2-9H2,1H3,(H,17,20). The summed E-state index contributed by atoms with van der Waals surface area (Å²) in [6, 6.07) is 0.966. The van der Waals surface area contributed by atoms with Crippen LogP contribution in [-0.2, 0) is 0 Å². The van der Waals surface area contributed by atoms with Gasteiger partial charge in [-0.1, -0.05) is 0 Å². The first-order chi connectivity index (χ1) is 10.2. The number of thiazole rings is 1. The van der Waals surface area contributed by atoms with Crippen molar-refractivity contribution in [3.63, 3.8) is 0 Å². The molecule has 1 aromatic rings. The van der Waals surface area contributed by atoms with Gasteiger partial charge in [0.2, 0.25) is 0 Å². The van der Waals surface area contributed by atoms with Crippen LogP contribution in [0.3, 0.4) is 0 Å². The first-order valence-corrected chi connectivity index (χ1v) is 8.78. The molecule has 6 heteroatoms.